The van der Waals surface area contributed by atoms with Crippen molar-refractivity contribution in [3.63, 3.8) is 0 Å². The van der Waals surface area contributed by atoms with Gasteiger partial charge in [0.05, 0.1) is 13.2 Å². The summed E-state index contributed by atoms with van der Waals surface area (Å²) < 4.78 is 5.22. The van der Waals surface area contributed by atoms with Crippen LogP contribution in [-0.4, -0.2) is 62.3 Å². The predicted molar refractivity (Wildman–Crippen MR) is 85.7 cm³/mol. The second-order valence-corrected chi connectivity index (χ2v) is 6.30. The monoisotopic (exact) mass is 292 g/mol. The summed E-state index contributed by atoms with van der Waals surface area (Å²) in [5, 5.41) is 10.4. The van der Waals surface area contributed by atoms with E-state index in [-0.39, 0.29) is 0 Å². The molecule has 0 bridgehead atoms. The minimum atomic E-state index is -0.439. The van der Waals surface area contributed by atoms with Gasteiger partial charge in [-0.3, -0.25) is 0 Å². The van der Waals surface area contributed by atoms with Crippen LogP contribution >= 0.6 is 0 Å². The number of rotatable bonds is 6. The van der Waals surface area contributed by atoms with Crippen LogP contribution in [0.25, 0.3) is 0 Å². The highest BCUT2D eigenvalue weighted by Crippen LogP contribution is 2.23. The number of methoxy groups -OCH3 is 1. The number of likely N-dealkylation sites (tertiary alicyclic amines) is 1. The van der Waals surface area contributed by atoms with Crippen molar-refractivity contribution in [3.8, 4) is 5.75 Å². The number of piperidine rings is 1. The molecule has 1 heterocycles. The first-order valence-corrected chi connectivity index (χ1v) is 7.77. The minimum absolute atomic E-state index is 0.439. The molecule has 1 atom stereocenters. The van der Waals surface area contributed by atoms with Gasteiger partial charge in [0.15, 0.2) is 0 Å². The molecule has 0 amide bonds. The third kappa shape index (κ3) is 4.99. The number of benzene rings is 1. The van der Waals surface area contributed by atoms with E-state index >= 15 is 0 Å². The Bertz CT molecular complexity index is 429. The van der Waals surface area contributed by atoms with Crippen molar-refractivity contribution in [3.05, 3.63) is 29.8 Å². The van der Waals surface area contributed by atoms with E-state index in [4.69, 9.17) is 4.74 Å². The molecule has 0 aliphatic carbocycles. The van der Waals surface area contributed by atoms with Gasteiger partial charge in [0, 0.05) is 13.1 Å². The summed E-state index contributed by atoms with van der Waals surface area (Å²) in [4.78, 5) is 4.64. The fraction of sp³-hybridized carbons (Fsp3) is 0.647. The summed E-state index contributed by atoms with van der Waals surface area (Å²) in [5.41, 5.74) is 0.935. The van der Waals surface area contributed by atoms with Crippen LogP contribution < -0.4 is 4.74 Å². The first-order chi connectivity index (χ1) is 10.1. The van der Waals surface area contributed by atoms with Gasteiger partial charge in [0.2, 0.25) is 0 Å². The molecule has 1 aliphatic heterocycles. The van der Waals surface area contributed by atoms with Crippen molar-refractivity contribution >= 4 is 0 Å². The summed E-state index contributed by atoms with van der Waals surface area (Å²) in [6.07, 6.45) is 2.01. The average molecular weight is 292 g/mol. The molecule has 1 fully saturated rings. The highest BCUT2D eigenvalue weighted by atomic mass is 16.5. The molecule has 4 nitrogen and oxygen atoms in total. The van der Waals surface area contributed by atoms with E-state index in [2.05, 4.69) is 23.9 Å². The van der Waals surface area contributed by atoms with Gasteiger partial charge in [-0.05, 0) is 63.6 Å². The topological polar surface area (TPSA) is 35.9 Å². The zero-order valence-corrected chi connectivity index (χ0v) is 13.5. The maximum absolute atomic E-state index is 10.4. The largest absolute Gasteiger partial charge is 0.497 e. The molecule has 1 aromatic carbocycles. The molecule has 0 radical (unpaired) electrons. The highest BCUT2D eigenvalue weighted by molar-refractivity contribution is 5.29. The quantitative estimate of drug-likeness (QED) is 0.870. The zero-order valence-electron chi connectivity index (χ0n) is 13.5. The third-order valence-corrected chi connectivity index (χ3v) is 4.24. The maximum atomic E-state index is 10.4. The van der Waals surface area contributed by atoms with Gasteiger partial charge in [-0.2, -0.15) is 0 Å². The molecule has 1 unspecified atom stereocenters. The van der Waals surface area contributed by atoms with Crippen LogP contribution in [0.2, 0.25) is 0 Å². The van der Waals surface area contributed by atoms with Crippen LogP contribution in [0, 0.1) is 5.92 Å². The van der Waals surface area contributed by atoms with Crippen LogP contribution in [0.4, 0.5) is 0 Å². The Hall–Kier alpha value is -1.10. The lowest BCUT2D eigenvalue weighted by molar-refractivity contribution is 0.0846. The molecule has 0 saturated carbocycles. The van der Waals surface area contributed by atoms with E-state index in [1.165, 1.54) is 19.4 Å². The summed E-state index contributed by atoms with van der Waals surface area (Å²) in [6, 6.07) is 7.72. The van der Waals surface area contributed by atoms with E-state index in [9.17, 15) is 5.11 Å². The Morgan fingerprint density at radius 3 is 2.67 bits per heavy atom. The van der Waals surface area contributed by atoms with E-state index in [0.29, 0.717) is 6.54 Å². The van der Waals surface area contributed by atoms with Gasteiger partial charge in [-0.15, -0.1) is 0 Å². The second-order valence-electron chi connectivity index (χ2n) is 6.30. The summed E-state index contributed by atoms with van der Waals surface area (Å²) in [6.45, 7) is 4.05. The van der Waals surface area contributed by atoms with Crippen molar-refractivity contribution in [2.45, 2.75) is 18.9 Å². The number of β-amino-alcohol motifs (C(OH)–C–C–N with tert-alkyl or cyclic N) is 1. The van der Waals surface area contributed by atoms with Crippen LogP contribution in [0.1, 0.15) is 24.5 Å². The highest BCUT2D eigenvalue weighted by Gasteiger charge is 2.22. The van der Waals surface area contributed by atoms with Gasteiger partial charge >= 0.3 is 0 Å². The Kier molecular flexibility index (Phi) is 6.03. The summed E-state index contributed by atoms with van der Waals surface area (Å²) in [5.74, 6) is 1.60. The van der Waals surface area contributed by atoms with Crippen molar-refractivity contribution in [1.82, 2.24) is 9.80 Å². The molecule has 0 aromatic heterocycles. The molecule has 21 heavy (non-hydrogen) atoms. The lowest BCUT2D eigenvalue weighted by Gasteiger charge is -2.34. The van der Waals surface area contributed by atoms with Gasteiger partial charge in [0.25, 0.3) is 0 Å². The molecule has 1 saturated heterocycles. The van der Waals surface area contributed by atoms with Crippen LogP contribution in [0.5, 0.6) is 5.75 Å². The lowest BCUT2D eigenvalue weighted by Crippen LogP contribution is -2.39. The Morgan fingerprint density at radius 2 is 2.05 bits per heavy atom. The standard InChI is InChI=1S/C17H28N2O2/c1-18(2)12-14-7-9-19(10-8-14)13-17(20)15-5-4-6-16(11-15)21-3/h4-6,11,14,17,20H,7-10,12-13H2,1-3H3. The molecule has 4 heteroatoms. The first-order valence-electron chi connectivity index (χ1n) is 7.77. The van der Waals surface area contributed by atoms with E-state index in [1.807, 2.05) is 24.3 Å². The van der Waals surface area contributed by atoms with Crippen molar-refractivity contribution in [1.29, 1.82) is 0 Å². The van der Waals surface area contributed by atoms with Crippen LogP contribution in [-0.2, 0) is 0 Å². The third-order valence-electron chi connectivity index (χ3n) is 4.24. The number of aliphatic hydroxyl groups is 1. The smallest absolute Gasteiger partial charge is 0.119 e. The number of ether oxygens (including phenoxy) is 1. The second kappa shape index (κ2) is 7.78. The SMILES string of the molecule is COc1cccc(C(O)CN2CCC(CN(C)C)CC2)c1. The molecule has 118 valence electrons. The van der Waals surface area contributed by atoms with E-state index in [0.717, 1.165) is 30.3 Å². The van der Waals surface area contributed by atoms with Crippen LogP contribution in [0.15, 0.2) is 24.3 Å². The predicted octanol–water partition coefficient (Wildman–Crippen LogP) is 2.00. The molecular formula is C17H28N2O2. The number of hydrogen-bond acceptors (Lipinski definition) is 4. The number of aliphatic hydroxyl groups excluding tert-OH is 1. The van der Waals surface area contributed by atoms with Gasteiger partial charge in [0.1, 0.15) is 5.75 Å². The zero-order chi connectivity index (χ0) is 15.2. The number of nitrogens with zero attached hydrogens (tertiary/aromatic N) is 2. The van der Waals surface area contributed by atoms with Gasteiger partial charge in [-0.1, -0.05) is 12.1 Å². The maximum Gasteiger partial charge on any atom is 0.119 e. The minimum Gasteiger partial charge on any atom is -0.497 e. The summed E-state index contributed by atoms with van der Waals surface area (Å²) in [7, 11) is 5.93. The normalized spacial score (nSPS) is 18.9. The van der Waals surface area contributed by atoms with Crippen molar-refractivity contribution < 1.29 is 9.84 Å². The molecule has 1 aliphatic rings. The Morgan fingerprint density at radius 1 is 1.33 bits per heavy atom. The molecular weight excluding hydrogens is 264 g/mol. The van der Waals surface area contributed by atoms with E-state index < -0.39 is 6.10 Å². The Labute approximate surface area is 128 Å². The average Bonchev–Trinajstić information content (AvgIpc) is 2.49. The molecule has 1 N–H and O–H groups in total. The number of hydrogen-bond donors (Lipinski definition) is 1. The van der Waals surface area contributed by atoms with Crippen molar-refractivity contribution in [2.75, 3.05) is 47.4 Å². The first kappa shape index (κ1) is 16.3. The lowest BCUT2D eigenvalue weighted by atomic mass is 9.96. The van der Waals surface area contributed by atoms with Crippen molar-refractivity contribution in [2.24, 2.45) is 5.92 Å². The van der Waals surface area contributed by atoms with E-state index in [1.54, 1.807) is 7.11 Å². The van der Waals surface area contributed by atoms with Crippen LogP contribution in [0.3, 0.4) is 0 Å². The van der Waals surface area contributed by atoms with Gasteiger partial charge < -0.3 is 19.6 Å². The Balaban J connectivity index is 1.82. The molecule has 1 aromatic rings. The molecule has 2 rings (SSSR count). The summed E-state index contributed by atoms with van der Waals surface area (Å²) >= 11 is 0. The fourth-order valence-corrected chi connectivity index (χ4v) is 3.07. The molecule has 0 spiro atoms. The fourth-order valence-electron chi connectivity index (χ4n) is 3.07. The van der Waals surface area contributed by atoms with Gasteiger partial charge in [-0.25, -0.2) is 0 Å².